The Morgan fingerprint density at radius 2 is 1.69 bits per heavy atom. The van der Waals surface area contributed by atoms with Gasteiger partial charge in [0.05, 0.1) is 24.7 Å². The van der Waals surface area contributed by atoms with Crippen molar-refractivity contribution in [3.05, 3.63) is 23.8 Å². The van der Waals surface area contributed by atoms with Crippen LogP contribution < -0.4 is 9.47 Å². The smallest absolute Gasteiger partial charge is 0.303 e. The number of ether oxygens (including phenoxy) is 2. The normalized spacial score (nSPS) is 26.8. The molecule has 2 N–H and O–H groups in total. The SMILES string of the molecule is COc1ccc(C2(C#N)C[C@@H](CC(=O)O)[C@@H](CC(=O)O)C2)cc1OC1CCCC1. The molecule has 0 aromatic heterocycles. The monoisotopic (exact) mass is 401 g/mol. The summed E-state index contributed by atoms with van der Waals surface area (Å²) in [7, 11) is 1.57. The Hall–Kier alpha value is -2.75. The van der Waals surface area contributed by atoms with Gasteiger partial charge in [-0.3, -0.25) is 9.59 Å². The van der Waals surface area contributed by atoms with E-state index in [1.165, 1.54) is 0 Å². The van der Waals surface area contributed by atoms with Crippen LogP contribution >= 0.6 is 0 Å². The Kier molecular flexibility index (Phi) is 6.31. The van der Waals surface area contributed by atoms with Gasteiger partial charge < -0.3 is 19.7 Å². The van der Waals surface area contributed by atoms with Gasteiger partial charge in [0.1, 0.15) is 0 Å². The minimum absolute atomic E-state index is 0.125. The Balaban J connectivity index is 1.92. The molecule has 0 amide bonds. The van der Waals surface area contributed by atoms with Crippen LogP contribution in [0.25, 0.3) is 0 Å². The first-order valence-electron chi connectivity index (χ1n) is 10.1. The first-order valence-corrected chi connectivity index (χ1v) is 10.1. The quantitative estimate of drug-likeness (QED) is 0.681. The largest absolute Gasteiger partial charge is 0.493 e. The van der Waals surface area contributed by atoms with Gasteiger partial charge in [0.2, 0.25) is 0 Å². The Morgan fingerprint density at radius 1 is 1.10 bits per heavy atom. The summed E-state index contributed by atoms with van der Waals surface area (Å²) in [6.45, 7) is 0. The van der Waals surface area contributed by atoms with Crippen molar-refractivity contribution in [2.45, 2.75) is 62.9 Å². The maximum absolute atomic E-state index is 11.3. The highest BCUT2D eigenvalue weighted by molar-refractivity contribution is 5.69. The standard InChI is InChI=1S/C22H27NO6/c1-28-18-7-6-16(10-19(18)29-17-4-2-3-5-17)22(13-23)11-14(8-20(24)25)15(12-22)9-21(26)27/h6-7,10,14-15,17H,2-5,8-9,11-12H2,1H3,(H,24,25)(H,26,27)/t14-,15+,22?. The number of carboxylic acids is 2. The third kappa shape index (κ3) is 4.64. The van der Waals surface area contributed by atoms with Crippen molar-refractivity contribution in [3.63, 3.8) is 0 Å². The lowest BCUT2D eigenvalue weighted by Gasteiger charge is -2.24. The van der Waals surface area contributed by atoms with Gasteiger partial charge in [-0.1, -0.05) is 6.07 Å². The van der Waals surface area contributed by atoms with Crippen molar-refractivity contribution in [2.75, 3.05) is 7.11 Å². The molecular formula is C22H27NO6. The lowest BCUT2D eigenvalue weighted by molar-refractivity contribution is -0.141. The van der Waals surface area contributed by atoms with E-state index < -0.39 is 17.4 Å². The van der Waals surface area contributed by atoms with E-state index >= 15 is 0 Å². The molecule has 2 saturated carbocycles. The highest BCUT2D eigenvalue weighted by Gasteiger charge is 2.48. The summed E-state index contributed by atoms with van der Waals surface area (Å²) in [5.41, 5.74) is -0.197. The fourth-order valence-electron chi connectivity index (χ4n) is 4.88. The zero-order valence-electron chi connectivity index (χ0n) is 16.6. The molecule has 156 valence electrons. The molecule has 2 aliphatic rings. The van der Waals surface area contributed by atoms with Gasteiger partial charge in [-0.2, -0.15) is 5.26 Å². The zero-order valence-corrected chi connectivity index (χ0v) is 16.6. The number of carbonyl (C=O) groups is 2. The van der Waals surface area contributed by atoms with Crippen LogP contribution in [0.2, 0.25) is 0 Å². The maximum atomic E-state index is 11.3. The van der Waals surface area contributed by atoms with Crippen LogP contribution in [0.4, 0.5) is 0 Å². The number of hydrogen-bond donors (Lipinski definition) is 2. The summed E-state index contributed by atoms with van der Waals surface area (Å²) in [4.78, 5) is 22.6. The molecule has 0 radical (unpaired) electrons. The Bertz CT molecular complexity index is 784. The molecule has 0 heterocycles. The van der Waals surface area contributed by atoms with Gasteiger partial charge in [0, 0.05) is 12.8 Å². The van der Waals surface area contributed by atoms with E-state index in [-0.39, 0.29) is 30.8 Å². The van der Waals surface area contributed by atoms with Crippen LogP contribution in [-0.2, 0) is 15.0 Å². The summed E-state index contributed by atoms with van der Waals surface area (Å²) in [6.07, 6.45) is 4.72. The summed E-state index contributed by atoms with van der Waals surface area (Å²) in [5.74, 6) is -1.48. The number of benzene rings is 1. The number of methoxy groups -OCH3 is 1. The minimum Gasteiger partial charge on any atom is -0.493 e. The van der Waals surface area contributed by atoms with Crippen molar-refractivity contribution in [3.8, 4) is 17.6 Å². The summed E-state index contributed by atoms with van der Waals surface area (Å²) in [6, 6.07) is 7.78. The predicted octanol–water partition coefficient (Wildman–Crippen LogP) is 3.75. The fourth-order valence-corrected chi connectivity index (χ4v) is 4.88. The van der Waals surface area contributed by atoms with Gasteiger partial charge in [-0.05, 0) is 68.1 Å². The highest BCUT2D eigenvalue weighted by Crippen LogP contribution is 2.51. The maximum Gasteiger partial charge on any atom is 0.303 e. The molecule has 1 unspecified atom stereocenters. The van der Waals surface area contributed by atoms with Crippen LogP contribution in [0.3, 0.4) is 0 Å². The van der Waals surface area contributed by atoms with Crippen molar-refractivity contribution in [2.24, 2.45) is 11.8 Å². The molecule has 3 rings (SSSR count). The fraction of sp³-hybridized carbons (Fsp3) is 0.591. The number of nitrogens with zero attached hydrogens (tertiary/aromatic N) is 1. The van der Waals surface area contributed by atoms with Gasteiger partial charge >= 0.3 is 11.9 Å². The molecule has 29 heavy (non-hydrogen) atoms. The van der Waals surface area contributed by atoms with Gasteiger partial charge in [-0.15, -0.1) is 0 Å². The number of carboxylic acid groups (broad SMARTS) is 2. The molecule has 0 bridgehead atoms. The van der Waals surface area contributed by atoms with Crippen molar-refractivity contribution < 1.29 is 29.3 Å². The molecule has 0 aliphatic heterocycles. The lowest BCUT2D eigenvalue weighted by Crippen LogP contribution is -2.21. The summed E-state index contributed by atoms with van der Waals surface area (Å²) >= 11 is 0. The number of hydrogen-bond acceptors (Lipinski definition) is 5. The van der Waals surface area contributed by atoms with E-state index in [0.29, 0.717) is 24.3 Å². The molecule has 1 aromatic carbocycles. The second-order valence-corrected chi connectivity index (χ2v) is 8.21. The van der Waals surface area contributed by atoms with E-state index in [9.17, 15) is 25.1 Å². The first-order chi connectivity index (χ1) is 13.9. The topological polar surface area (TPSA) is 117 Å². The molecule has 7 heteroatoms. The van der Waals surface area contributed by atoms with Crippen molar-refractivity contribution in [1.82, 2.24) is 0 Å². The van der Waals surface area contributed by atoms with Crippen molar-refractivity contribution in [1.29, 1.82) is 5.26 Å². The summed E-state index contributed by atoms with van der Waals surface area (Å²) in [5, 5.41) is 28.5. The Labute approximate surface area is 170 Å². The molecular weight excluding hydrogens is 374 g/mol. The van der Waals surface area contributed by atoms with Crippen LogP contribution in [0.5, 0.6) is 11.5 Å². The van der Waals surface area contributed by atoms with E-state index in [1.54, 1.807) is 13.2 Å². The van der Waals surface area contributed by atoms with E-state index in [1.807, 2.05) is 12.1 Å². The van der Waals surface area contributed by atoms with E-state index in [0.717, 1.165) is 31.2 Å². The van der Waals surface area contributed by atoms with Crippen LogP contribution in [0.1, 0.15) is 56.9 Å². The number of aliphatic carboxylic acids is 2. The first kappa shape index (κ1) is 21.0. The third-order valence-electron chi connectivity index (χ3n) is 6.29. The molecule has 3 atom stereocenters. The molecule has 0 spiro atoms. The predicted molar refractivity (Wildman–Crippen MR) is 104 cm³/mol. The van der Waals surface area contributed by atoms with Crippen molar-refractivity contribution >= 4 is 11.9 Å². The second kappa shape index (κ2) is 8.73. The Morgan fingerprint density at radius 3 is 2.17 bits per heavy atom. The molecule has 2 fully saturated rings. The second-order valence-electron chi connectivity index (χ2n) is 8.21. The van der Waals surface area contributed by atoms with E-state index in [4.69, 9.17) is 9.47 Å². The summed E-state index contributed by atoms with van der Waals surface area (Å²) < 4.78 is 11.6. The highest BCUT2D eigenvalue weighted by atomic mass is 16.5. The van der Waals surface area contributed by atoms with Gasteiger partial charge in [0.25, 0.3) is 0 Å². The molecule has 0 saturated heterocycles. The number of nitriles is 1. The van der Waals surface area contributed by atoms with Crippen LogP contribution in [0.15, 0.2) is 18.2 Å². The molecule has 1 aromatic rings. The number of rotatable bonds is 8. The zero-order chi connectivity index (χ0) is 21.0. The molecule has 7 nitrogen and oxygen atoms in total. The van der Waals surface area contributed by atoms with E-state index in [2.05, 4.69) is 6.07 Å². The third-order valence-corrected chi connectivity index (χ3v) is 6.29. The molecule has 2 aliphatic carbocycles. The van der Waals surface area contributed by atoms with Gasteiger partial charge in [0.15, 0.2) is 11.5 Å². The van der Waals surface area contributed by atoms with Crippen LogP contribution in [0, 0.1) is 23.2 Å². The van der Waals surface area contributed by atoms with Gasteiger partial charge in [-0.25, -0.2) is 0 Å². The van der Waals surface area contributed by atoms with Crippen LogP contribution in [-0.4, -0.2) is 35.4 Å². The lowest BCUT2D eigenvalue weighted by atomic mass is 9.79. The average Bonchev–Trinajstić information content (AvgIpc) is 3.30. The average molecular weight is 401 g/mol. The minimum atomic E-state index is -0.973.